The largest absolute Gasteiger partial charge is 0.454 e. The lowest BCUT2D eigenvalue weighted by atomic mass is 10.2. The molecule has 1 N–H and O–H groups in total. The number of hydrogen-bond donors (Lipinski definition) is 1. The fraction of sp³-hybridized carbons (Fsp3) is 0.154. The van der Waals surface area contributed by atoms with Gasteiger partial charge in [0.05, 0.1) is 12.0 Å². The number of carbonyl (C=O) groups is 1. The van der Waals surface area contributed by atoms with Gasteiger partial charge in [-0.15, -0.1) is 10.2 Å². The molecular weight excluding hydrogens is 476 g/mol. The number of nitrogens with one attached hydrogen (secondary N) is 1. The van der Waals surface area contributed by atoms with Crippen LogP contribution >= 0.6 is 11.8 Å². The van der Waals surface area contributed by atoms with Crippen LogP contribution in [-0.2, 0) is 4.79 Å². The quantitative estimate of drug-likeness (QED) is 0.222. The van der Waals surface area contributed by atoms with E-state index in [0.717, 1.165) is 22.5 Å². The van der Waals surface area contributed by atoms with Gasteiger partial charge in [0.25, 0.3) is 5.91 Å². The molecule has 1 aromatic heterocycles. The molecule has 0 radical (unpaired) electrons. The Bertz CT molecular complexity index is 1390. The zero-order valence-electron chi connectivity index (χ0n) is 19.8. The Hall–Kier alpha value is -4.31. The van der Waals surface area contributed by atoms with Gasteiger partial charge in [0.2, 0.25) is 6.79 Å². The maximum atomic E-state index is 12.5. The van der Waals surface area contributed by atoms with E-state index >= 15 is 0 Å². The standard InChI is InChI=1S/C26H24N6O3S/c1-31(2)20-11-8-18(9-12-20)15-27-28-24(33)16-36-26-30-29-25(32(26)21-6-4-3-5-7-21)19-10-13-22-23(14-19)35-17-34-22/h3-15H,16-17H2,1-2H3,(H,28,33)/b27-15+. The van der Waals surface area contributed by atoms with E-state index in [1.807, 2.05) is 96.4 Å². The van der Waals surface area contributed by atoms with Crippen LogP contribution in [0.1, 0.15) is 5.56 Å². The molecule has 1 amide bonds. The van der Waals surface area contributed by atoms with Crippen molar-refractivity contribution in [3.63, 3.8) is 0 Å². The van der Waals surface area contributed by atoms with Gasteiger partial charge in [-0.1, -0.05) is 42.1 Å². The molecule has 0 fully saturated rings. The van der Waals surface area contributed by atoms with Gasteiger partial charge in [0, 0.05) is 31.0 Å². The van der Waals surface area contributed by atoms with E-state index in [0.29, 0.717) is 22.5 Å². The Morgan fingerprint density at radius 3 is 2.61 bits per heavy atom. The fourth-order valence-corrected chi connectivity index (χ4v) is 4.34. The Kier molecular flexibility index (Phi) is 6.85. The minimum Gasteiger partial charge on any atom is -0.454 e. The summed E-state index contributed by atoms with van der Waals surface area (Å²) in [6, 6.07) is 23.3. The molecule has 1 aliphatic heterocycles. The average molecular weight is 501 g/mol. The number of para-hydroxylation sites is 1. The van der Waals surface area contributed by atoms with Crippen LogP contribution in [0.25, 0.3) is 17.1 Å². The summed E-state index contributed by atoms with van der Waals surface area (Å²) in [6.45, 7) is 0.199. The van der Waals surface area contributed by atoms with Crippen molar-refractivity contribution in [3.8, 4) is 28.6 Å². The van der Waals surface area contributed by atoms with Crippen LogP contribution in [0.2, 0.25) is 0 Å². The number of rotatable bonds is 8. The number of hydrogen-bond acceptors (Lipinski definition) is 8. The highest BCUT2D eigenvalue weighted by Crippen LogP contribution is 2.37. The van der Waals surface area contributed by atoms with E-state index in [2.05, 4.69) is 20.7 Å². The summed E-state index contributed by atoms with van der Waals surface area (Å²) >= 11 is 1.28. The van der Waals surface area contributed by atoms with Gasteiger partial charge in [-0.25, -0.2) is 5.43 Å². The number of aromatic nitrogens is 3. The van der Waals surface area contributed by atoms with E-state index in [1.165, 1.54) is 11.8 Å². The molecular formula is C26H24N6O3S. The smallest absolute Gasteiger partial charge is 0.250 e. The van der Waals surface area contributed by atoms with Gasteiger partial charge in [0.1, 0.15) is 0 Å². The van der Waals surface area contributed by atoms with Crippen molar-refractivity contribution in [2.75, 3.05) is 31.5 Å². The second kappa shape index (κ2) is 10.5. The minimum absolute atomic E-state index is 0.128. The lowest BCUT2D eigenvalue weighted by Gasteiger charge is -2.11. The van der Waals surface area contributed by atoms with Crippen LogP contribution in [0.15, 0.2) is 83.1 Å². The number of benzene rings is 3. The Morgan fingerprint density at radius 2 is 1.83 bits per heavy atom. The molecule has 0 saturated carbocycles. The Balaban J connectivity index is 1.30. The molecule has 0 unspecified atom stereocenters. The van der Waals surface area contributed by atoms with Crippen molar-refractivity contribution in [1.29, 1.82) is 0 Å². The van der Waals surface area contributed by atoms with E-state index in [-0.39, 0.29) is 18.5 Å². The van der Waals surface area contributed by atoms with Gasteiger partial charge >= 0.3 is 0 Å². The summed E-state index contributed by atoms with van der Waals surface area (Å²) in [7, 11) is 3.97. The minimum atomic E-state index is -0.242. The molecule has 0 bridgehead atoms. The highest BCUT2D eigenvalue weighted by molar-refractivity contribution is 7.99. The molecule has 0 spiro atoms. The average Bonchev–Trinajstić information content (AvgIpc) is 3.55. The van der Waals surface area contributed by atoms with Gasteiger partial charge in [-0.3, -0.25) is 9.36 Å². The molecule has 5 rings (SSSR count). The van der Waals surface area contributed by atoms with Crippen LogP contribution in [0.4, 0.5) is 5.69 Å². The van der Waals surface area contributed by atoms with Crippen molar-refractivity contribution in [1.82, 2.24) is 20.2 Å². The maximum absolute atomic E-state index is 12.5. The molecule has 0 aliphatic carbocycles. The molecule has 4 aromatic rings. The molecule has 0 atom stereocenters. The fourth-order valence-electron chi connectivity index (χ4n) is 3.60. The zero-order chi connectivity index (χ0) is 24.9. The summed E-state index contributed by atoms with van der Waals surface area (Å²) < 4.78 is 12.9. The molecule has 0 saturated heterocycles. The number of anilines is 1. The number of amides is 1. The van der Waals surface area contributed by atoms with E-state index in [1.54, 1.807) is 6.21 Å². The van der Waals surface area contributed by atoms with E-state index in [4.69, 9.17) is 9.47 Å². The predicted octanol–water partition coefficient (Wildman–Crippen LogP) is 3.97. The van der Waals surface area contributed by atoms with Gasteiger partial charge < -0.3 is 14.4 Å². The molecule has 3 aromatic carbocycles. The number of thioether (sulfide) groups is 1. The third-order valence-electron chi connectivity index (χ3n) is 5.42. The topological polar surface area (TPSA) is 93.9 Å². The Labute approximate surface area is 212 Å². The SMILES string of the molecule is CN(C)c1ccc(/C=N/NC(=O)CSc2nnc(-c3ccc4c(c3)OCO4)n2-c2ccccc2)cc1. The second-order valence-electron chi connectivity index (χ2n) is 8.11. The van der Waals surface area contributed by atoms with Crippen molar-refractivity contribution < 1.29 is 14.3 Å². The number of nitrogens with zero attached hydrogens (tertiary/aromatic N) is 5. The van der Waals surface area contributed by atoms with Crippen LogP contribution in [0, 0.1) is 0 Å². The first-order valence-corrected chi connectivity index (χ1v) is 12.2. The molecule has 182 valence electrons. The summed E-state index contributed by atoms with van der Waals surface area (Å²) in [5.41, 5.74) is 6.28. The van der Waals surface area contributed by atoms with Crippen molar-refractivity contribution in [3.05, 3.63) is 78.4 Å². The summed E-state index contributed by atoms with van der Waals surface area (Å²) in [4.78, 5) is 14.5. The summed E-state index contributed by atoms with van der Waals surface area (Å²) in [5.74, 6) is 1.89. The predicted molar refractivity (Wildman–Crippen MR) is 140 cm³/mol. The third-order valence-corrected chi connectivity index (χ3v) is 6.35. The Morgan fingerprint density at radius 1 is 1.06 bits per heavy atom. The van der Waals surface area contributed by atoms with E-state index < -0.39 is 0 Å². The van der Waals surface area contributed by atoms with Crippen LogP contribution in [0.3, 0.4) is 0 Å². The lowest BCUT2D eigenvalue weighted by molar-refractivity contribution is -0.118. The highest BCUT2D eigenvalue weighted by atomic mass is 32.2. The van der Waals surface area contributed by atoms with Crippen molar-refractivity contribution in [2.45, 2.75) is 5.16 Å². The number of ether oxygens (including phenoxy) is 2. The zero-order valence-corrected chi connectivity index (χ0v) is 20.6. The van der Waals surface area contributed by atoms with Crippen molar-refractivity contribution >= 4 is 29.6 Å². The molecule has 1 aliphatic rings. The second-order valence-corrected chi connectivity index (χ2v) is 9.06. The number of hydrazone groups is 1. The normalized spacial score (nSPS) is 12.2. The first-order chi connectivity index (χ1) is 17.6. The third kappa shape index (κ3) is 5.18. The molecule has 36 heavy (non-hydrogen) atoms. The van der Waals surface area contributed by atoms with Gasteiger partial charge in [-0.05, 0) is 48.0 Å². The maximum Gasteiger partial charge on any atom is 0.250 e. The van der Waals surface area contributed by atoms with E-state index in [9.17, 15) is 4.79 Å². The lowest BCUT2D eigenvalue weighted by Crippen LogP contribution is -2.20. The van der Waals surface area contributed by atoms with Gasteiger partial charge in [0.15, 0.2) is 22.5 Å². The summed E-state index contributed by atoms with van der Waals surface area (Å²) in [5, 5.41) is 13.4. The van der Waals surface area contributed by atoms with Gasteiger partial charge in [-0.2, -0.15) is 5.10 Å². The van der Waals surface area contributed by atoms with Crippen LogP contribution in [0.5, 0.6) is 11.5 Å². The van der Waals surface area contributed by atoms with Crippen molar-refractivity contribution in [2.24, 2.45) is 5.10 Å². The first kappa shape index (κ1) is 23.4. The monoisotopic (exact) mass is 500 g/mol. The van der Waals surface area contributed by atoms with Crippen LogP contribution < -0.4 is 19.8 Å². The highest BCUT2D eigenvalue weighted by Gasteiger charge is 2.20. The number of fused-ring (bicyclic) bond motifs is 1. The number of carbonyl (C=O) groups excluding carboxylic acids is 1. The molecule has 10 heteroatoms. The van der Waals surface area contributed by atoms with Crippen LogP contribution in [-0.4, -0.2) is 53.5 Å². The summed E-state index contributed by atoms with van der Waals surface area (Å²) in [6.07, 6.45) is 1.62. The molecule has 2 heterocycles. The molecule has 9 nitrogen and oxygen atoms in total. The first-order valence-electron chi connectivity index (χ1n) is 11.2.